The molecule has 0 aromatic carbocycles. The molecule has 0 saturated carbocycles. The van der Waals surface area contributed by atoms with Crippen molar-refractivity contribution in [3.8, 4) is 0 Å². The molecular formula is C14H18N2. The van der Waals surface area contributed by atoms with Gasteiger partial charge in [-0.2, -0.15) is 0 Å². The van der Waals surface area contributed by atoms with Gasteiger partial charge in [0, 0.05) is 24.5 Å². The molecule has 84 valence electrons. The van der Waals surface area contributed by atoms with Crippen molar-refractivity contribution in [3.05, 3.63) is 36.2 Å². The third-order valence-electron chi connectivity index (χ3n) is 3.81. The minimum Gasteiger partial charge on any atom is -0.311 e. The highest BCUT2D eigenvalue weighted by Gasteiger charge is 2.34. The lowest BCUT2D eigenvalue weighted by Gasteiger charge is -2.21. The first-order valence-corrected chi connectivity index (χ1v) is 6.26. The van der Waals surface area contributed by atoms with Crippen LogP contribution in [0.4, 0.5) is 0 Å². The summed E-state index contributed by atoms with van der Waals surface area (Å²) in [5, 5.41) is 3.71. The molecule has 2 saturated heterocycles. The van der Waals surface area contributed by atoms with Gasteiger partial charge >= 0.3 is 0 Å². The first-order chi connectivity index (χ1) is 7.92. The minimum absolute atomic E-state index is 0.728. The van der Waals surface area contributed by atoms with Gasteiger partial charge in [-0.25, -0.2) is 0 Å². The van der Waals surface area contributed by atoms with Crippen molar-refractivity contribution in [2.24, 2.45) is 5.92 Å². The Morgan fingerprint density at radius 3 is 3.19 bits per heavy atom. The summed E-state index contributed by atoms with van der Waals surface area (Å²) in [4.78, 5) is 4.13. The van der Waals surface area contributed by atoms with Crippen LogP contribution in [0.3, 0.4) is 0 Å². The van der Waals surface area contributed by atoms with E-state index in [0.717, 1.165) is 18.0 Å². The molecule has 2 aliphatic heterocycles. The summed E-state index contributed by atoms with van der Waals surface area (Å²) in [6.07, 6.45) is 13.8. The van der Waals surface area contributed by atoms with E-state index < -0.39 is 0 Å². The summed E-state index contributed by atoms with van der Waals surface area (Å²) in [6, 6.07) is 5.61. The summed E-state index contributed by atoms with van der Waals surface area (Å²) in [6.45, 7) is 0. The highest BCUT2D eigenvalue weighted by atomic mass is 15.0. The molecule has 0 aliphatic carbocycles. The molecule has 2 aliphatic rings. The highest BCUT2D eigenvalue weighted by molar-refractivity contribution is 5.48. The van der Waals surface area contributed by atoms with Crippen LogP contribution in [0.15, 0.2) is 30.6 Å². The van der Waals surface area contributed by atoms with E-state index in [4.69, 9.17) is 0 Å². The molecule has 2 fully saturated rings. The fourth-order valence-electron chi connectivity index (χ4n) is 2.99. The summed E-state index contributed by atoms with van der Waals surface area (Å²) in [5.74, 6) is 0.729. The van der Waals surface area contributed by atoms with E-state index in [0.29, 0.717) is 0 Å². The SMILES string of the molecule is C(=C\C1CC2CCCC1N2)/c1cccnc1. The molecule has 1 aromatic heterocycles. The van der Waals surface area contributed by atoms with Gasteiger partial charge in [-0.1, -0.05) is 24.6 Å². The highest BCUT2D eigenvalue weighted by Crippen LogP contribution is 2.32. The molecule has 1 aromatic rings. The van der Waals surface area contributed by atoms with E-state index in [1.54, 1.807) is 0 Å². The molecule has 3 unspecified atom stereocenters. The van der Waals surface area contributed by atoms with Gasteiger partial charge in [0.2, 0.25) is 0 Å². The molecule has 2 nitrogen and oxygen atoms in total. The zero-order valence-corrected chi connectivity index (χ0v) is 9.47. The summed E-state index contributed by atoms with van der Waals surface area (Å²) < 4.78 is 0. The van der Waals surface area contributed by atoms with Crippen molar-refractivity contribution in [1.82, 2.24) is 10.3 Å². The number of rotatable bonds is 2. The third-order valence-corrected chi connectivity index (χ3v) is 3.81. The van der Waals surface area contributed by atoms with Crippen LogP contribution in [-0.4, -0.2) is 17.1 Å². The van der Waals surface area contributed by atoms with Crippen LogP contribution in [0.5, 0.6) is 0 Å². The Bertz CT molecular complexity index is 372. The second-order valence-electron chi connectivity index (χ2n) is 4.95. The number of fused-ring (bicyclic) bond motifs is 2. The van der Waals surface area contributed by atoms with E-state index >= 15 is 0 Å². The molecule has 2 heteroatoms. The van der Waals surface area contributed by atoms with Crippen molar-refractivity contribution in [2.45, 2.75) is 37.8 Å². The van der Waals surface area contributed by atoms with Crippen molar-refractivity contribution in [3.63, 3.8) is 0 Å². The van der Waals surface area contributed by atoms with Gasteiger partial charge in [0.15, 0.2) is 0 Å². The van der Waals surface area contributed by atoms with Crippen molar-refractivity contribution >= 4 is 6.08 Å². The van der Waals surface area contributed by atoms with Gasteiger partial charge in [0.05, 0.1) is 0 Å². The molecule has 16 heavy (non-hydrogen) atoms. The van der Waals surface area contributed by atoms with E-state index in [-0.39, 0.29) is 0 Å². The molecule has 3 rings (SSSR count). The maximum atomic E-state index is 4.13. The van der Waals surface area contributed by atoms with Crippen LogP contribution < -0.4 is 5.32 Å². The maximum Gasteiger partial charge on any atom is 0.0340 e. The van der Waals surface area contributed by atoms with E-state index in [1.807, 2.05) is 18.5 Å². The second-order valence-corrected chi connectivity index (χ2v) is 4.95. The number of piperidine rings is 1. The first kappa shape index (κ1) is 10.0. The van der Waals surface area contributed by atoms with Gasteiger partial charge in [0.25, 0.3) is 0 Å². The Morgan fingerprint density at radius 1 is 1.38 bits per heavy atom. The second kappa shape index (κ2) is 4.38. The number of aromatic nitrogens is 1. The average molecular weight is 214 g/mol. The van der Waals surface area contributed by atoms with Crippen molar-refractivity contribution < 1.29 is 0 Å². The Labute approximate surface area is 96.8 Å². The summed E-state index contributed by atoms with van der Waals surface area (Å²) >= 11 is 0. The summed E-state index contributed by atoms with van der Waals surface area (Å²) in [7, 11) is 0. The van der Waals surface area contributed by atoms with E-state index in [2.05, 4.69) is 28.5 Å². The standard InChI is InChI=1S/C14H18N2/c1-4-13-9-12(14(5-1)16-13)7-6-11-3-2-8-15-10-11/h2-3,6-8,10,12-14,16H,1,4-5,9H2/b7-6+. The predicted octanol–water partition coefficient (Wildman–Crippen LogP) is 2.63. The van der Waals surface area contributed by atoms with Crippen LogP contribution in [0, 0.1) is 5.92 Å². The van der Waals surface area contributed by atoms with Crippen molar-refractivity contribution in [2.75, 3.05) is 0 Å². The number of nitrogens with zero attached hydrogens (tertiary/aromatic N) is 1. The lowest BCUT2D eigenvalue weighted by atomic mass is 9.97. The lowest BCUT2D eigenvalue weighted by molar-refractivity contribution is 0.393. The third kappa shape index (κ3) is 2.03. The smallest absolute Gasteiger partial charge is 0.0340 e. The Balaban J connectivity index is 1.69. The molecule has 0 amide bonds. The molecule has 0 spiro atoms. The quantitative estimate of drug-likeness (QED) is 0.818. The van der Waals surface area contributed by atoms with Gasteiger partial charge in [-0.05, 0) is 36.8 Å². The Kier molecular flexibility index (Phi) is 2.75. The zero-order chi connectivity index (χ0) is 10.8. The number of hydrogen-bond acceptors (Lipinski definition) is 2. The largest absolute Gasteiger partial charge is 0.311 e. The zero-order valence-electron chi connectivity index (χ0n) is 9.47. The van der Waals surface area contributed by atoms with Crippen LogP contribution in [0.25, 0.3) is 6.08 Å². The van der Waals surface area contributed by atoms with Gasteiger partial charge in [-0.3, -0.25) is 4.98 Å². The molecule has 3 atom stereocenters. The maximum absolute atomic E-state index is 4.13. The Hall–Kier alpha value is -1.15. The Morgan fingerprint density at radius 2 is 2.38 bits per heavy atom. The first-order valence-electron chi connectivity index (χ1n) is 6.26. The van der Waals surface area contributed by atoms with Crippen LogP contribution in [0.1, 0.15) is 31.2 Å². The molecule has 2 bridgehead atoms. The van der Waals surface area contributed by atoms with Crippen LogP contribution >= 0.6 is 0 Å². The van der Waals surface area contributed by atoms with Gasteiger partial charge in [-0.15, -0.1) is 0 Å². The monoisotopic (exact) mass is 214 g/mol. The number of hydrogen-bond donors (Lipinski definition) is 1. The fourth-order valence-corrected chi connectivity index (χ4v) is 2.99. The van der Waals surface area contributed by atoms with Crippen LogP contribution in [0.2, 0.25) is 0 Å². The fraction of sp³-hybridized carbons (Fsp3) is 0.500. The van der Waals surface area contributed by atoms with E-state index in [1.165, 1.54) is 31.2 Å². The molecule has 3 heterocycles. The van der Waals surface area contributed by atoms with Gasteiger partial charge < -0.3 is 5.32 Å². The molecule has 1 N–H and O–H groups in total. The minimum atomic E-state index is 0.728. The number of nitrogens with one attached hydrogen (secondary N) is 1. The summed E-state index contributed by atoms with van der Waals surface area (Å²) in [5.41, 5.74) is 1.21. The van der Waals surface area contributed by atoms with E-state index in [9.17, 15) is 0 Å². The normalized spacial score (nSPS) is 33.4. The molecule has 0 radical (unpaired) electrons. The van der Waals surface area contributed by atoms with Gasteiger partial charge in [0.1, 0.15) is 0 Å². The molecular weight excluding hydrogens is 196 g/mol. The average Bonchev–Trinajstić information content (AvgIpc) is 2.63. The number of pyridine rings is 1. The van der Waals surface area contributed by atoms with Crippen LogP contribution in [-0.2, 0) is 0 Å². The predicted molar refractivity (Wildman–Crippen MR) is 65.9 cm³/mol. The lowest BCUT2D eigenvalue weighted by Crippen LogP contribution is -2.35. The topological polar surface area (TPSA) is 24.9 Å². The van der Waals surface area contributed by atoms with Crippen molar-refractivity contribution in [1.29, 1.82) is 0 Å².